The predicted octanol–water partition coefficient (Wildman–Crippen LogP) is 4.48. The van der Waals surface area contributed by atoms with E-state index in [9.17, 15) is 13.6 Å². The monoisotopic (exact) mass is 401 g/mol. The van der Waals surface area contributed by atoms with Gasteiger partial charge in [-0.05, 0) is 31.9 Å². The van der Waals surface area contributed by atoms with E-state index in [1.165, 1.54) is 12.1 Å². The molecule has 6 nitrogen and oxygen atoms in total. The van der Waals surface area contributed by atoms with Gasteiger partial charge in [0.2, 0.25) is 0 Å². The fourth-order valence-electron chi connectivity index (χ4n) is 2.70. The van der Waals surface area contributed by atoms with Gasteiger partial charge in [-0.15, -0.1) is 0 Å². The number of nitrogens with zero attached hydrogens (tertiary/aromatic N) is 2. The van der Waals surface area contributed by atoms with Crippen LogP contribution in [0, 0.1) is 6.92 Å². The van der Waals surface area contributed by atoms with Crippen molar-refractivity contribution in [3.8, 4) is 0 Å². The summed E-state index contributed by atoms with van der Waals surface area (Å²) in [5, 5.41) is 17.0. The summed E-state index contributed by atoms with van der Waals surface area (Å²) in [5.41, 5.74) is 2.32. The molecule has 0 aliphatic heterocycles. The summed E-state index contributed by atoms with van der Waals surface area (Å²) in [6.45, 7) is 4.01. The van der Waals surface area contributed by atoms with E-state index in [2.05, 4.69) is 22.0 Å². The van der Waals surface area contributed by atoms with Crippen LogP contribution in [0.4, 0.5) is 0 Å². The Morgan fingerprint density at radius 3 is 2.29 bits per heavy atom. The maximum absolute atomic E-state index is 12.6. The molecule has 2 aromatic carbocycles. The van der Waals surface area contributed by atoms with Crippen LogP contribution in [0.3, 0.4) is 0 Å². The minimum atomic E-state index is -3.83. The van der Waals surface area contributed by atoms with Crippen molar-refractivity contribution >= 4 is 21.4 Å². The van der Waals surface area contributed by atoms with E-state index in [0.29, 0.717) is 23.4 Å². The molecule has 0 bridgehead atoms. The number of sulfonamides is 1. The molecule has 2 aromatic rings. The van der Waals surface area contributed by atoms with Crippen LogP contribution in [0.15, 0.2) is 69.7 Å². The largest absolute Gasteiger partial charge is 0.411 e. The molecule has 150 valence electrons. The van der Waals surface area contributed by atoms with Gasteiger partial charge in [-0.3, -0.25) is 0 Å². The lowest BCUT2D eigenvalue weighted by atomic mass is 10.0. The van der Waals surface area contributed by atoms with Crippen LogP contribution in [0.25, 0.3) is 0 Å². The number of hydrogen-bond donors (Lipinski definition) is 2. The molecule has 0 aliphatic rings. The Bertz CT molecular complexity index is 906. The molecule has 0 unspecified atom stereocenters. The zero-order valence-electron chi connectivity index (χ0n) is 16.3. The first-order valence-corrected chi connectivity index (χ1v) is 10.9. The average Bonchev–Trinajstić information content (AvgIpc) is 2.70. The van der Waals surface area contributed by atoms with Gasteiger partial charge in [-0.1, -0.05) is 79.4 Å². The molecule has 0 atom stereocenters. The molecule has 0 heterocycles. The smallest absolute Gasteiger partial charge is 0.276 e. The molecule has 0 radical (unpaired) electrons. The lowest BCUT2D eigenvalue weighted by Gasteiger charge is -2.10. The molecule has 0 aliphatic carbocycles. The van der Waals surface area contributed by atoms with Gasteiger partial charge >= 0.3 is 0 Å². The second kappa shape index (κ2) is 10.6. The number of rotatable bonds is 10. The molecule has 0 amide bonds. The SMILES string of the molecule is CCCCCCC(=NO)C(=NNS(=O)(=O)c1ccc(C)cc1)c1ccccc1. The van der Waals surface area contributed by atoms with Crippen molar-refractivity contribution < 1.29 is 13.6 Å². The van der Waals surface area contributed by atoms with Gasteiger partial charge in [0, 0.05) is 5.56 Å². The van der Waals surface area contributed by atoms with Crippen LogP contribution in [0.5, 0.6) is 0 Å². The molecule has 2 N–H and O–H groups in total. The molecular formula is C21H27N3O3S. The standard InChI is InChI=1S/C21H27N3O3S/c1-3-4-5-9-12-20(23-25)21(18-10-7-6-8-11-18)22-24-28(26,27)19-15-13-17(2)14-16-19/h6-8,10-11,13-16,24-25H,3-5,9,12H2,1-2H3. The van der Waals surface area contributed by atoms with Gasteiger partial charge in [-0.25, -0.2) is 0 Å². The second-order valence-electron chi connectivity index (χ2n) is 6.59. The summed E-state index contributed by atoms with van der Waals surface area (Å²) in [7, 11) is -3.83. The maximum atomic E-state index is 12.6. The van der Waals surface area contributed by atoms with Crippen LogP contribution in [0.2, 0.25) is 0 Å². The number of benzene rings is 2. The molecule has 0 fully saturated rings. The lowest BCUT2D eigenvalue weighted by Crippen LogP contribution is -2.24. The van der Waals surface area contributed by atoms with Crippen LogP contribution >= 0.6 is 0 Å². The summed E-state index contributed by atoms with van der Waals surface area (Å²) in [6.07, 6.45) is 4.55. The Kier molecular flexibility index (Phi) is 8.19. The Hall–Kier alpha value is -2.67. The number of nitrogens with one attached hydrogen (secondary N) is 1. The first-order valence-electron chi connectivity index (χ1n) is 9.41. The highest BCUT2D eigenvalue weighted by molar-refractivity contribution is 7.89. The summed E-state index contributed by atoms with van der Waals surface area (Å²) in [4.78, 5) is 2.40. The second-order valence-corrected chi connectivity index (χ2v) is 8.25. The van der Waals surface area contributed by atoms with E-state index in [1.807, 2.05) is 25.1 Å². The van der Waals surface area contributed by atoms with E-state index < -0.39 is 10.0 Å². The normalized spacial score (nSPS) is 12.8. The first kappa shape index (κ1) is 21.6. The number of hydrazone groups is 1. The number of aryl methyl sites for hydroxylation is 1. The molecular weight excluding hydrogens is 374 g/mol. The molecule has 0 saturated carbocycles. The van der Waals surface area contributed by atoms with Crippen LogP contribution < -0.4 is 4.83 Å². The Morgan fingerprint density at radius 2 is 1.68 bits per heavy atom. The van der Waals surface area contributed by atoms with E-state index >= 15 is 0 Å². The van der Waals surface area contributed by atoms with Crippen molar-refractivity contribution in [2.24, 2.45) is 10.3 Å². The van der Waals surface area contributed by atoms with E-state index in [4.69, 9.17) is 0 Å². The fraction of sp³-hybridized carbons (Fsp3) is 0.333. The predicted molar refractivity (Wildman–Crippen MR) is 112 cm³/mol. The quantitative estimate of drug-likeness (QED) is 0.266. The Balaban J connectivity index is 2.29. The number of oxime groups is 1. The Morgan fingerprint density at radius 1 is 1.00 bits per heavy atom. The summed E-state index contributed by atoms with van der Waals surface area (Å²) in [5.74, 6) is 0. The lowest BCUT2D eigenvalue weighted by molar-refractivity contribution is 0.318. The minimum Gasteiger partial charge on any atom is -0.411 e. The fourth-order valence-corrected chi connectivity index (χ4v) is 3.51. The van der Waals surface area contributed by atoms with Crippen molar-refractivity contribution in [2.45, 2.75) is 50.8 Å². The molecule has 2 rings (SSSR count). The highest BCUT2D eigenvalue weighted by Gasteiger charge is 2.17. The van der Waals surface area contributed by atoms with E-state index in [-0.39, 0.29) is 4.90 Å². The molecule has 0 saturated heterocycles. The van der Waals surface area contributed by atoms with Crippen molar-refractivity contribution in [3.63, 3.8) is 0 Å². The van der Waals surface area contributed by atoms with Gasteiger partial charge in [0.05, 0.1) is 4.90 Å². The molecule has 28 heavy (non-hydrogen) atoms. The summed E-state index contributed by atoms with van der Waals surface area (Å²) < 4.78 is 25.1. The van der Waals surface area contributed by atoms with Crippen molar-refractivity contribution in [1.29, 1.82) is 0 Å². The summed E-state index contributed by atoms with van der Waals surface area (Å²) >= 11 is 0. The third-order valence-electron chi connectivity index (χ3n) is 4.32. The zero-order valence-corrected chi connectivity index (χ0v) is 17.1. The van der Waals surface area contributed by atoms with Crippen LogP contribution in [0.1, 0.15) is 50.2 Å². The minimum absolute atomic E-state index is 0.125. The van der Waals surface area contributed by atoms with Gasteiger partial charge in [0.15, 0.2) is 0 Å². The third-order valence-corrected chi connectivity index (χ3v) is 5.54. The molecule has 7 heteroatoms. The Labute approximate surface area is 167 Å². The number of hydrogen-bond acceptors (Lipinski definition) is 5. The van der Waals surface area contributed by atoms with Crippen LogP contribution in [-0.2, 0) is 10.0 Å². The van der Waals surface area contributed by atoms with Crippen molar-refractivity contribution in [1.82, 2.24) is 4.83 Å². The van der Waals surface area contributed by atoms with E-state index in [1.54, 1.807) is 24.3 Å². The van der Waals surface area contributed by atoms with Gasteiger partial charge in [-0.2, -0.15) is 18.4 Å². The molecule has 0 aromatic heterocycles. The third kappa shape index (κ3) is 6.20. The highest BCUT2D eigenvalue weighted by atomic mass is 32.2. The van der Waals surface area contributed by atoms with E-state index in [0.717, 1.165) is 31.2 Å². The van der Waals surface area contributed by atoms with Gasteiger partial charge in [0.1, 0.15) is 11.4 Å². The van der Waals surface area contributed by atoms with Gasteiger partial charge < -0.3 is 5.21 Å². The highest BCUT2D eigenvalue weighted by Crippen LogP contribution is 2.12. The maximum Gasteiger partial charge on any atom is 0.276 e. The van der Waals surface area contributed by atoms with Crippen molar-refractivity contribution in [2.75, 3.05) is 0 Å². The summed E-state index contributed by atoms with van der Waals surface area (Å²) in [6, 6.07) is 15.6. The zero-order chi connectivity index (χ0) is 20.4. The first-order chi connectivity index (χ1) is 13.5. The number of unbranched alkanes of at least 4 members (excludes halogenated alkanes) is 3. The average molecular weight is 402 g/mol. The molecule has 0 spiro atoms. The topological polar surface area (TPSA) is 91.1 Å². The van der Waals surface area contributed by atoms with Crippen LogP contribution in [-0.4, -0.2) is 25.0 Å². The van der Waals surface area contributed by atoms with Crippen molar-refractivity contribution in [3.05, 3.63) is 65.7 Å². The van der Waals surface area contributed by atoms with Gasteiger partial charge in [0.25, 0.3) is 10.0 Å².